The maximum atomic E-state index is 13.1. The summed E-state index contributed by atoms with van der Waals surface area (Å²) in [6, 6.07) is 17.4. The second-order valence-corrected chi connectivity index (χ2v) is 10.6. The minimum atomic E-state index is -3.67. The van der Waals surface area contributed by atoms with Crippen LogP contribution in [0.1, 0.15) is 61.1 Å². The van der Waals surface area contributed by atoms with Crippen molar-refractivity contribution >= 4 is 33.3 Å². The van der Waals surface area contributed by atoms with Gasteiger partial charge in [-0.15, -0.1) is 11.3 Å². The summed E-state index contributed by atoms with van der Waals surface area (Å²) in [7, 11) is -2.36. The molecule has 0 aliphatic carbocycles. The molecule has 2 N–H and O–H groups in total. The van der Waals surface area contributed by atoms with E-state index in [1.807, 2.05) is 89.4 Å². The van der Waals surface area contributed by atoms with Crippen LogP contribution in [-0.4, -0.2) is 43.2 Å². The quantitative estimate of drug-likeness (QED) is 0.198. The van der Waals surface area contributed by atoms with Gasteiger partial charge in [0.25, 0.3) is 10.1 Å². The second kappa shape index (κ2) is 19.1. The molecule has 0 aliphatic rings. The molecule has 0 radical (unpaired) electrons. The summed E-state index contributed by atoms with van der Waals surface area (Å²) in [4.78, 5) is 30.1. The van der Waals surface area contributed by atoms with Gasteiger partial charge >= 0.3 is 5.97 Å². The molecule has 216 valence electrons. The molecule has 8 nitrogen and oxygen atoms in total. The van der Waals surface area contributed by atoms with Crippen molar-refractivity contribution in [3.05, 3.63) is 87.4 Å². The van der Waals surface area contributed by atoms with Crippen LogP contribution in [0.5, 0.6) is 0 Å². The van der Waals surface area contributed by atoms with Crippen molar-refractivity contribution in [1.82, 2.24) is 10.3 Å². The zero-order valence-corrected chi connectivity index (χ0v) is 25.7. The van der Waals surface area contributed by atoms with Gasteiger partial charge in [0.1, 0.15) is 5.92 Å². The Kier molecular flexibility index (Phi) is 17.5. The van der Waals surface area contributed by atoms with Gasteiger partial charge in [-0.3, -0.25) is 14.1 Å². The molecule has 1 amide bonds. The van der Waals surface area contributed by atoms with Crippen molar-refractivity contribution in [2.24, 2.45) is 5.92 Å². The standard InChI is InChI=1S/C24H26N2O3S.2C2H6.CH4O3S/c1-16-9-11-19(12-10-16)14-21(22-15-30-17(2)25-22)26-23(27)20(24(28)29-3)13-18-7-5-4-6-8-18;2*1-2;1-5(2,3)4/h4-12,15,20-21H,13-14H2,1-3H3,(H,26,27);2*1-2H3;1H3,(H,2,3,4)/t20-,21-;;;/m0.../s1. The molecule has 2 atom stereocenters. The van der Waals surface area contributed by atoms with E-state index in [1.165, 1.54) is 12.7 Å². The average Bonchev–Trinajstić information content (AvgIpc) is 3.35. The molecule has 0 spiro atoms. The smallest absolute Gasteiger partial charge is 0.318 e. The van der Waals surface area contributed by atoms with Gasteiger partial charge in [-0.2, -0.15) is 8.42 Å². The number of carbonyl (C=O) groups is 2. The van der Waals surface area contributed by atoms with Crippen LogP contribution in [0.2, 0.25) is 0 Å². The fraction of sp³-hybridized carbons (Fsp3) is 0.414. The lowest BCUT2D eigenvalue weighted by Gasteiger charge is -2.21. The Labute approximate surface area is 237 Å². The Morgan fingerprint density at radius 1 is 0.949 bits per heavy atom. The first-order valence-corrected chi connectivity index (χ1v) is 15.5. The zero-order chi connectivity index (χ0) is 30.0. The van der Waals surface area contributed by atoms with E-state index in [-0.39, 0.29) is 18.4 Å². The maximum absolute atomic E-state index is 13.1. The summed E-state index contributed by atoms with van der Waals surface area (Å²) in [6.45, 7) is 12.0. The van der Waals surface area contributed by atoms with E-state index in [2.05, 4.69) is 22.4 Å². The fourth-order valence-electron chi connectivity index (χ4n) is 3.28. The van der Waals surface area contributed by atoms with Crippen LogP contribution in [-0.2, 0) is 37.3 Å². The summed E-state index contributed by atoms with van der Waals surface area (Å²) in [5.41, 5.74) is 3.98. The number of amides is 1. The molecule has 39 heavy (non-hydrogen) atoms. The first-order valence-electron chi connectivity index (χ1n) is 12.8. The van der Waals surface area contributed by atoms with Gasteiger partial charge in [-0.1, -0.05) is 87.9 Å². The molecule has 0 saturated heterocycles. The predicted molar refractivity (Wildman–Crippen MR) is 158 cm³/mol. The van der Waals surface area contributed by atoms with E-state index in [0.29, 0.717) is 12.7 Å². The molecule has 0 fully saturated rings. The number of esters is 1. The molecule has 0 saturated carbocycles. The van der Waals surface area contributed by atoms with Gasteiger partial charge in [0.2, 0.25) is 5.91 Å². The molecular formula is C29H42N2O6S2. The third kappa shape index (κ3) is 15.2. The Morgan fingerprint density at radius 3 is 1.92 bits per heavy atom. The van der Waals surface area contributed by atoms with Gasteiger partial charge in [-0.25, -0.2) is 4.98 Å². The molecule has 1 aromatic heterocycles. The van der Waals surface area contributed by atoms with Crippen LogP contribution in [0.4, 0.5) is 0 Å². The highest BCUT2D eigenvalue weighted by atomic mass is 32.2. The highest BCUT2D eigenvalue weighted by Gasteiger charge is 2.30. The van der Waals surface area contributed by atoms with E-state index < -0.39 is 22.0 Å². The average molecular weight is 579 g/mol. The third-order valence-electron chi connectivity index (χ3n) is 4.96. The summed E-state index contributed by atoms with van der Waals surface area (Å²) < 4.78 is 30.8. The Hall–Kier alpha value is -3.08. The number of rotatable bonds is 8. The number of ether oxygens (including phenoxy) is 1. The topological polar surface area (TPSA) is 123 Å². The first-order chi connectivity index (χ1) is 18.5. The van der Waals surface area contributed by atoms with Gasteiger partial charge in [0.15, 0.2) is 0 Å². The highest BCUT2D eigenvalue weighted by molar-refractivity contribution is 7.85. The lowest BCUT2D eigenvalue weighted by atomic mass is 9.97. The number of aromatic nitrogens is 1. The third-order valence-corrected chi connectivity index (χ3v) is 5.75. The van der Waals surface area contributed by atoms with Crippen molar-refractivity contribution in [3.8, 4) is 0 Å². The number of nitrogens with one attached hydrogen (secondary N) is 1. The molecule has 0 bridgehead atoms. The van der Waals surface area contributed by atoms with Crippen molar-refractivity contribution in [2.75, 3.05) is 13.4 Å². The molecule has 3 rings (SSSR count). The largest absolute Gasteiger partial charge is 0.468 e. The number of hydrogen-bond donors (Lipinski definition) is 2. The molecule has 3 aromatic rings. The van der Waals surface area contributed by atoms with Crippen LogP contribution in [0.15, 0.2) is 60.0 Å². The summed E-state index contributed by atoms with van der Waals surface area (Å²) in [5.74, 6) is -1.81. The molecule has 2 aromatic carbocycles. The van der Waals surface area contributed by atoms with Crippen LogP contribution in [0.25, 0.3) is 0 Å². The van der Waals surface area contributed by atoms with E-state index in [9.17, 15) is 18.0 Å². The SMILES string of the molecule is CC.CC.COC(=O)[C@@H](Cc1ccccc1)C(=O)N[C@@H](Cc1ccc(C)cc1)c1csc(C)n1.CS(=O)(=O)O. The molecule has 0 unspecified atom stereocenters. The zero-order valence-electron chi connectivity index (χ0n) is 24.1. The number of methoxy groups -OCH3 is 1. The van der Waals surface area contributed by atoms with Crippen LogP contribution in [0, 0.1) is 19.8 Å². The van der Waals surface area contributed by atoms with Gasteiger partial charge in [0, 0.05) is 5.38 Å². The Balaban J connectivity index is 0.00000142. The second-order valence-electron chi connectivity index (χ2n) is 8.04. The number of benzene rings is 2. The normalized spacial score (nSPS) is 11.6. The van der Waals surface area contributed by atoms with E-state index in [1.54, 1.807) is 11.3 Å². The summed E-state index contributed by atoms with van der Waals surface area (Å²) in [5, 5.41) is 5.94. The van der Waals surface area contributed by atoms with Crippen LogP contribution >= 0.6 is 11.3 Å². The summed E-state index contributed by atoms with van der Waals surface area (Å²) in [6.07, 6.45) is 1.59. The van der Waals surface area contributed by atoms with E-state index >= 15 is 0 Å². The molecule has 10 heteroatoms. The monoisotopic (exact) mass is 578 g/mol. The minimum Gasteiger partial charge on any atom is -0.468 e. The van der Waals surface area contributed by atoms with Crippen LogP contribution < -0.4 is 5.32 Å². The van der Waals surface area contributed by atoms with Gasteiger partial charge < -0.3 is 10.1 Å². The lowest BCUT2D eigenvalue weighted by molar-refractivity contribution is -0.150. The number of nitrogens with zero attached hydrogens (tertiary/aromatic N) is 1. The fourth-order valence-corrected chi connectivity index (χ4v) is 3.94. The van der Waals surface area contributed by atoms with Crippen molar-refractivity contribution in [3.63, 3.8) is 0 Å². The van der Waals surface area contributed by atoms with Crippen LogP contribution in [0.3, 0.4) is 0 Å². The number of carbonyl (C=O) groups excluding carboxylic acids is 2. The minimum absolute atomic E-state index is 0.284. The van der Waals surface area contributed by atoms with Crippen molar-refractivity contribution in [1.29, 1.82) is 0 Å². The van der Waals surface area contributed by atoms with E-state index in [0.717, 1.165) is 21.8 Å². The number of aryl methyl sites for hydroxylation is 2. The molecular weight excluding hydrogens is 536 g/mol. The van der Waals surface area contributed by atoms with Crippen molar-refractivity contribution in [2.45, 2.75) is 60.4 Å². The maximum Gasteiger partial charge on any atom is 0.318 e. The Bertz CT molecular complexity index is 1200. The first kappa shape index (κ1) is 35.9. The Morgan fingerprint density at radius 2 is 1.46 bits per heavy atom. The summed E-state index contributed by atoms with van der Waals surface area (Å²) >= 11 is 1.54. The van der Waals surface area contributed by atoms with Crippen molar-refractivity contribution < 1.29 is 27.3 Å². The molecule has 1 heterocycles. The van der Waals surface area contributed by atoms with Gasteiger partial charge in [0.05, 0.1) is 30.1 Å². The molecule has 0 aliphatic heterocycles. The number of hydrogen-bond acceptors (Lipinski definition) is 7. The lowest BCUT2D eigenvalue weighted by Crippen LogP contribution is -2.40. The highest BCUT2D eigenvalue weighted by Crippen LogP contribution is 2.22. The van der Waals surface area contributed by atoms with Gasteiger partial charge in [-0.05, 0) is 37.8 Å². The van der Waals surface area contributed by atoms with E-state index in [4.69, 9.17) is 9.29 Å². The number of thiazole rings is 1. The predicted octanol–water partition coefficient (Wildman–Crippen LogP) is 5.75.